The molecular formula is C15H15BFNO3. The summed E-state index contributed by atoms with van der Waals surface area (Å²) in [6.07, 6.45) is 0. The van der Waals surface area contributed by atoms with Gasteiger partial charge < -0.3 is 15.4 Å². The van der Waals surface area contributed by atoms with Gasteiger partial charge in [-0.05, 0) is 29.6 Å². The molecule has 0 aliphatic rings. The quantitative estimate of drug-likeness (QED) is 0.727. The molecule has 0 atom stereocenters. The Kier molecular flexibility index (Phi) is 4.72. The van der Waals surface area contributed by atoms with Gasteiger partial charge in [0.25, 0.3) is 5.91 Å². The van der Waals surface area contributed by atoms with Crippen molar-refractivity contribution in [2.24, 2.45) is 0 Å². The first-order valence-corrected chi connectivity index (χ1v) is 6.47. The summed E-state index contributed by atoms with van der Waals surface area (Å²) >= 11 is 0. The molecule has 2 rings (SSSR count). The number of amides is 1. The Labute approximate surface area is 122 Å². The first kappa shape index (κ1) is 15.2. The lowest BCUT2D eigenvalue weighted by molar-refractivity contribution is 0.0946. The van der Waals surface area contributed by atoms with Crippen LogP contribution in [-0.4, -0.2) is 23.1 Å². The summed E-state index contributed by atoms with van der Waals surface area (Å²) in [6.45, 7) is 1.83. The fraction of sp³-hybridized carbons (Fsp3) is 0.133. The number of carbonyl (C=O) groups excluding carboxylic acids is 1. The molecule has 0 bridgehead atoms. The molecule has 0 aliphatic heterocycles. The highest BCUT2D eigenvalue weighted by atomic mass is 19.1. The van der Waals surface area contributed by atoms with Gasteiger partial charge in [0.05, 0.1) is 5.56 Å². The van der Waals surface area contributed by atoms with Gasteiger partial charge in [-0.15, -0.1) is 0 Å². The van der Waals surface area contributed by atoms with Crippen molar-refractivity contribution >= 4 is 18.5 Å². The van der Waals surface area contributed by atoms with Crippen LogP contribution in [0, 0.1) is 12.7 Å². The summed E-state index contributed by atoms with van der Waals surface area (Å²) in [6, 6.07) is 11.1. The third-order valence-electron chi connectivity index (χ3n) is 3.17. The smallest absolute Gasteiger partial charge is 0.423 e. The van der Waals surface area contributed by atoms with Crippen LogP contribution in [-0.2, 0) is 6.54 Å². The van der Waals surface area contributed by atoms with E-state index in [9.17, 15) is 9.18 Å². The Morgan fingerprint density at radius 1 is 1.19 bits per heavy atom. The standard InChI is InChI=1S/C15H15BFNO3/c1-10-3-2-4-13(14(10)17)15(19)18-9-11-5-7-12(8-6-11)16(20)21/h2-8,20-21H,9H2,1H3,(H,18,19). The minimum Gasteiger partial charge on any atom is -0.423 e. The Hall–Kier alpha value is -2.18. The van der Waals surface area contributed by atoms with Crippen molar-refractivity contribution in [1.82, 2.24) is 5.32 Å². The van der Waals surface area contributed by atoms with Crippen molar-refractivity contribution in [3.05, 3.63) is 65.0 Å². The van der Waals surface area contributed by atoms with E-state index >= 15 is 0 Å². The lowest BCUT2D eigenvalue weighted by Gasteiger charge is -2.08. The number of rotatable bonds is 4. The third kappa shape index (κ3) is 3.68. The number of benzene rings is 2. The summed E-state index contributed by atoms with van der Waals surface area (Å²) < 4.78 is 13.8. The van der Waals surface area contributed by atoms with E-state index in [1.54, 1.807) is 43.3 Å². The lowest BCUT2D eigenvalue weighted by Crippen LogP contribution is -2.30. The first-order valence-electron chi connectivity index (χ1n) is 6.47. The fourth-order valence-electron chi connectivity index (χ4n) is 1.91. The minimum atomic E-state index is -1.52. The van der Waals surface area contributed by atoms with Crippen molar-refractivity contribution < 1.29 is 19.2 Å². The molecule has 2 aromatic rings. The number of nitrogens with one attached hydrogen (secondary N) is 1. The molecule has 0 unspecified atom stereocenters. The Morgan fingerprint density at radius 2 is 1.86 bits per heavy atom. The molecule has 0 aromatic heterocycles. The van der Waals surface area contributed by atoms with E-state index in [-0.39, 0.29) is 12.1 Å². The largest absolute Gasteiger partial charge is 0.488 e. The Bertz CT molecular complexity index is 644. The SMILES string of the molecule is Cc1cccc(C(=O)NCc2ccc(B(O)O)cc2)c1F. The van der Waals surface area contributed by atoms with Gasteiger partial charge in [0.15, 0.2) is 0 Å². The second-order valence-corrected chi connectivity index (χ2v) is 4.73. The zero-order valence-electron chi connectivity index (χ0n) is 11.5. The van der Waals surface area contributed by atoms with Crippen molar-refractivity contribution in [2.45, 2.75) is 13.5 Å². The van der Waals surface area contributed by atoms with E-state index in [4.69, 9.17) is 10.0 Å². The lowest BCUT2D eigenvalue weighted by atomic mass is 9.80. The number of aryl methyl sites for hydroxylation is 1. The molecule has 1 amide bonds. The summed E-state index contributed by atoms with van der Waals surface area (Å²) in [7, 11) is -1.52. The van der Waals surface area contributed by atoms with Crippen LogP contribution in [0.4, 0.5) is 4.39 Å². The zero-order chi connectivity index (χ0) is 15.4. The zero-order valence-corrected chi connectivity index (χ0v) is 11.5. The summed E-state index contributed by atoms with van der Waals surface area (Å²) in [5.74, 6) is -1.00. The van der Waals surface area contributed by atoms with E-state index in [1.165, 1.54) is 6.07 Å². The maximum Gasteiger partial charge on any atom is 0.488 e. The van der Waals surface area contributed by atoms with Gasteiger partial charge in [0.1, 0.15) is 5.82 Å². The highest BCUT2D eigenvalue weighted by molar-refractivity contribution is 6.58. The summed E-state index contributed by atoms with van der Waals surface area (Å²) in [5, 5.41) is 20.6. The van der Waals surface area contributed by atoms with Gasteiger partial charge in [-0.3, -0.25) is 4.79 Å². The third-order valence-corrected chi connectivity index (χ3v) is 3.17. The topological polar surface area (TPSA) is 69.6 Å². The fourth-order valence-corrected chi connectivity index (χ4v) is 1.91. The summed E-state index contributed by atoms with van der Waals surface area (Å²) in [5.41, 5.74) is 1.58. The van der Waals surface area contributed by atoms with Crippen molar-refractivity contribution in [3.63, 3.8) is 0 Å². The van der Waals surface area contributed by atoms with Crippen LogP contribution in [0.15, 0.2) is 42.5 Å². The van der Waals surface area contributed by atoms with Gasteiger partial charge in [0, 0.05) is 6.54 Å². The predicted octanol–water partition coefficient (Wildman–Crippen LogP) is 0.744. The van der Waals surface area contributed by atoms with Crippen molar-refractivity contribution in [2.75, 3.05) is 0 Å². The highest BCUT2D eigenvalue weighted by Gasteiger charge is 2.13. The molecule has 0 saturated heterocycles. The molecule has 0 radical (unpaired) electrons. The molecule has 0 spiro atoms. The second-order valence-electron chi connectivity index (χ2n) is 4.73. The number of halogens is 1. The van der Waals surface area contributed by atoms with Crippen molar-refractivity contribution in [1.29, 1.82) is 0 Å². The van der Waals surface area contributed by atoms with Gasteiger partial charge >= 0.3 is 7.12 Å². The second kappa shape index (κ2) is 6.52. The van der Waals surface area contributed by atoms with Crippen LogP contribution in [0.25, 0.3) is 0 Å². The van der Waals surface area contributed by atoms with Crippen LogP contribution < -0.4 is 10.8 Å². The maximum atomic E-state index is 13.8. The average molecular weight is 287 g/mol. The maximum absolute atomic E-state index is 13.8. The molecule has 0 aliphatic carbocycles. The molecular weight excluding hydrogens is 272 g/mol. The average Bonchev–Trinajstić information content (AvgIpc) is 2.48. The van der Waals surface area contributed by atoms with E-state index in [0.717, 1.165) is 5.56 Å². The van der Waals surface area contributed by atoms with E-state index in [0.29, 0.717) is 11.0 Å². The van der Waals surface area contributed by atoms with Crippen LogP contribution in [0.5, 0.6) is 0 Å². The predicted molar refractivity (Wildman–Crippen MR) is 78.6 cm³/mol. The molecule has 0 saturated carbocycles. The Balaban J connectivity index is 2.02. The Morgan fingerprint density at radius 3 is 2.48 bits per heavy atom. The van der Waals surface area contributed by atoms with Crippen LogP contribution in [0.3, 0.4) is 0 Å². The van der Waals surface area contributed by atoms with Crippen molar-refractivity contribution in [3.8, 4) is 0 Å². The van der Waals surface area contributed by atoms with Gasteiger partial charge in [-0.2, -0.15) is 0 Å². The normalized spacial score (nSPS) is 10.3. The molecule has 2 aromatic carbocycles. The van der Waals surface area contributed by atoms with E-state index < -0.39 is 18.8 Å². The number of hydrogen-bond acceptors (Lipinski definition) is 3. The van der Waals surface area contributed by atoms with E-state index in [2.05, 4.69) is 5.32 Å². The monoisotopic (exact) mass is 287 g/mol. The molecule has 21 heavy (non-hydrogen) atoms. The van der Waals surface area contributed by atoms with Crippen LogP contribution in [0.1, 0.15) is 21.5 Å². The van der Waals surface area contributed by atoms with Crippen LogP contribution in [0.2, 0.25) is 0 Å². The van der Waals surface area contributed by atoms with Gasteiger partial charge in [-0.1, -0.05) is 36.4 Å². The molecule has 0 heterocycles. The molecule has 3 N–H and O–H groups in total. The highest BCUT2D eigenvalue weighted by Crippen LogP contribution is 2.11. The van der Waals surface area contributed by atoms with Gasteiger partial charge in [-0.25, -0.2) is 4.39 Å². The molecule has 4 nitrogen and oxygen atoms in total. The van der Waals surface area contributed by atoms with E-state index in [1.807, 2.05) is 0 Å². The van der Waals surface area contributed by atoms with Gasteiger partial charge in [0.2, 0.25) is 0 Å². The molecule has 108 valence electrons. The van der Waals surface area contributed by atoms with Crippen LogP contribution >= 0.6 is 0 Å². The summed E-state index contributed by atoms with van der Waals surface area (Å²) in [4.78, 5) is 11.9. The molecule has 6 heteroatoms. The first-order chi connectivity index (χ1) is 9.99. The number of hydrogen-bond donors (Lipinski definition) is 3. The minimum absolute atomic E-state index is 0.0115. The molecule has 0 fully saturated rings. The number of carbonyl (C=O) groups is 1.